The van der Waals surface area contributed by atoms with E-state index in [1.807, 2.05) is 36.4 Å². The zero-order valence-electron chi connectivity index (χ0n) is 12.9. The lowest BCUT2D eigenvalue weighted by molar-refractivity contribution is -0.118. The molecular weight excluding hydrogens is 308 g/mol. The fourth-order valence-corrected chi connectivity index (χ4v) is 3.21. The first-order valence-corrected chi connectivity index (χ1v) is 8.80. The van der Waals surface area contributed by atoms with Crippen LogP contribution in [0.3, 0.4) is 0 Å². The van der Waals surface area contributed by atoms with Gasteiger partial charge in [0, 0.05) is 25.7 Å². The van der Waals surface area contributed by atoms with Crippen molar-refractivity contribution in [3.63, 3.8) is 0 Å². The van der Waals surface area contributed by atoms with Gasteiger partial charge in [-0.15, -0.1) is 0 Å². The summed E-state index contributed by atoms with van der Waals surface area (Å²) < 4.78 is 0. The Labute approximate surface area is 140 Å². The van der Waals surface area contributed by atoms with Crippen LogP contribution in [0.5, 0.6) is 0 Å². The van der Waals surface area contributed by atoms with Gasteiger partial charge in [-0.25, -0.2) is 9.97 Å². The Hall–Kier alpha value is -2.08. The van der Waals surface area contributed by atoms with E-state index in [-0.39, 0.29) is 5.91 Å². The molecule has 2 heterocycles. The number of nitrogens with zero attached hydrogens (tertiary/aromatic N) is 3. The van der Waals surface area contributed by atoms with Crippen LogP contribution in [-0.4, -0.2) is 34.7 Å². The molecule has 120 valence electrons. The molecule has 1 aliphatic heterocycles. The second kappa shape index (κ2) is 7.97. The first-order valence-electron chi connectivity index (χ1n) is 7.82. The lowest BCUT2D eigenvalue weighted by Gasteiger charge is -2.16. The van der Waals surface area contributed by atoms with Crippen molar-refractivity contribution < 1.29 is 4.79 Å². The summed E-state index contributed by atoms with van der Waals surface area (Å²) in [5, 5.41) is 3.77. The molecule has 0 bridgehead atoms. The van der Waals surface area contributed by atoms with Gasteiger partial charge in [0.25, 0.3) is 0 Å². The summed E-state index contributed by atoms with van der Waals surface area (Å²) in [4.78, 5) is 22.8. The van der Waals surface area contributed by atoms with Crippen molar-refractivity contribution in [3.8, 4) is 0 Å². The van der Waals surface area contributed by atoms with E-state index in [4.69, 9.17) is 0 Å². The van der Waals surface area contributed by atoms with Gasteiger partial charge in [0.2, 0.25) is 5.91 Å². The van der Waals surface area contributed by atoms with Gasteiger partial charge in [-0.05, 0) is 18.4 Å². The highest BCUT2D eigenvalue weighted by Gasteiger charge is 2.14. The predicted molar refractivity (Wildman–Crippen MR) is 92.5 cm³/mol. The number of amides is 1. The minimum atomic E-state index is 0.0141. The zero-order valence-corrected chi connectivity index (χ0v) is 13.8. The van der Waals surface area contributed by atoms with E-state index in [0.29, 0.717) is 12.3 Å². The SMILES string of the molecule is O=C(CSc1cc(N2CCCC2)ncn1)NCc1ccccc1. The van der Waals surface area contributed by atoms with Crippen LogP contribution in [-0.2, 0) is 11.3 Å². The molecule has 3 rings (SSSR count). The van der Waals surface area contributed by atoms with Gasteiger partial charge < -0.3 is 10.2 Å². The van der Waals surface area contributed by atoms with Crippen LogP contribution in [0.25, 0.3) is 0 Å². The first-order chi connectivity index (χ1) is 11.3. The molecule has 1 saturated heterocycles. The van der Waals surface area contributed by atoms with Crippen molar-refractivity contribution in [3.05, 3.63) is 48.3 Å². The molecule has 1 aromatic carbocycles. The van der Waals surface area contributed by atoms with Crippen LogP contribution in [0.2, 0.25) is 0 Å². The molecule has 0 spiro atoms. The summed E-state index contributed by atoms with van der Waals surface area (Å²) >= 11 is 1.45. The number of aromatic nitrogens is 2. The van der Waals surface area contributed by atoms with Gasteiger partial charge >= 0.3 is 0 Å². The van der Waals surface area contributed by atoms with E-state index in [2.05, 4.69) is 20.2 Å². The zero-order chi connectivity index (χ0) is 15.9. The van der Waals surface area contributed by atoms with Crippen LogP contribution in [0.15, 0.2) is 47.8 Å². The average molecular weight is 328 g/mol. The highest BCUT2D eigenvalue weighted by atomic mass is 32.2. The van der Waals surface area contributed by atoms with Crippen LogP contribution in [0, 0.1) is 0 Å². The second-order valence-corrected chi connectivity index (χ2v) is 6.46. The molecule has 0 unspecified atom stereocenters. The minimum Gasteiger partial charge on any atom is -0.356 e. The summed E-state index contributed by atoms with van der Waals surface area (Å²) in [5.74, 6) is 1.34. The number of hydrogen-bond donors (Lipinski definition) is 1. The summed E-state index contributed by atoms with van der Waals surface area (Å²) in [7, 11) is 0. The number of carbonyl (C=O) groups is 1. The second-order valence-electron chi connectivity index (χ2n) is 5.46. The highest BCUT2D eigenvalue weighted by molar-refractivity contribution is 7.99. The Morgan fingerprint density at radius 2 is 1.96 bits per heavy atom. The summed E-state index contributed by atoms with van der Waals surface area (Å²) in [5.41, 5.74) is 1.10. The standard InChI is InChI=1S/C17H20N4OS/c22-16(18-11-14-6-2-1-3-7-14)12-23-17-10-15(19-13-20-17)21-8-4-5-9-21/h1-3,6-7,10,13H,4-5,8-9,11-12H2,(H,18,22). The normalized spacial score (nSPS) is 14.0. The quantitative estimate of drug-likeness (QED) is 0.652. The third-order valence-corrected chi connectivity index (χ3v) is 4.67. The minimum absolute atomic E-state index is 0.0141. The topological polar surface area (TPSA) is 58.1 Å². The molecule has 1 amide bonds. The fourth-order valence-electron chi connectivity index (χ4n) is 2.52. The van der Waals surface area contributed by atoms with Crippen LogP contribution in [0.4, 0.5) is 5.82 Å². The van der Waals surface area contributed by atoms with Gasteiger partial charge in [-0.2, -0.15) is 0 Å². The molecule has 23 heavy (non-hydrogen) atoms. The Kier molecular flexibility index (Phi) is 5.47. The van der Waals surface area contributed by atoms with E-state index in [9.17, 15) is 4.79 Å². The maximum atomic E-state index is 11.9. The fraction of sp³-hybridized carbons (Fsp3) is 0.353. The average Bonchev–Trinajstić information content (AvgIpc) is 3.14. The van der Waals surface area contributed by atoms with Crippen molar-refractivity contribution in [2.24, 2.45) is 0 Å². The Balaban J connectivity index is 1.48. The maximum absolute atomic E-state index is 11.9. The number of rotatable bonds is 6. The van der Waals surface area contributed by atoms with Crippen molar-refractivity contribution in [1.82, 2.24) is 15.3 Å². The third-order valence-electron chi connectivity index (χ3n) is 3.74. The molecule has 5 nitrogen and oxygen atoms in total. The van der Waals surface area contributed by atoms with Gasteiger partial charge in [0.05, 0.1) is 5.75 Å². The lowest BCUT2D eigenvalue weighted by Crippen LogP contribution is -2.24. The van der Waals surface area contributed by atoms with E-state index < -0.39 is 0 Å². The maximum Gasteiger partial charge on any atom is 0.230 e. The first kappa shape index (κ1) is 15.8. The number of carbonyl (C=O) groups excluding carboxylic acids is 1. The highest BCUT2D eigenvalue weighted by Crippen LogP contribution is 2.22. The van der Waals surface area contributed by atoms with E-state index in [1.54, 1.807) is 6.33 Å². The molecule has 1 N–H and O–H groups in total. The number of hydrogen-bond acceptors (Lipinski definition) is 5. The van der Waals surface area contributed by atoms with E-state index in [0.717, 1.165) is 29.5 Å². The molecule has 0 atom stereocenters. The molecule has 1 fully saturated rings. The molecular formula is C17H20N4OS. The number of benzene rings is 1. The molecule has 0 radical (unpaired) electrons. The summed E-state index contributed by atoms with van der Waals surface area (Å²) in [6.07, 6.45) is 4.01. The number of nitrogens with one attached hydrogen (secondary N) is 1. The van der Waals surface area contributed by atoms with Crippen molar-refractivity contribution in [2.45, 2.75) is 24.4 Å². The Morgan fingerprint density at radius 3 is 2.74 bits per heavy atom. The molecule has 2 aromatic rings. The number of anilines is 1. The van der Waals surface area contributed by atoms with Crippen LogP contribution >= 0.6 is 11.8 Å². The predicted octanol–water partition coefficient (Wildman–Crippen LogP) is 2.49. The lowest BCUT2D eigenvalue weighted by atomic mass is 10.2. The molecule has 0 aliphatic carbocycles. The van der Waals surface area contributed by atoms with E-state index in [1.165, 1.54) is 24.6 Å². The van der Waals surface area contributed by atoms with Gasteiger partial charge in [0.1, 0.15) is 17.2 Å². The monoisotopic (exact) mass is 328 g/mol. The molecule has 1 aromatic heterocycles. The van der Waals surface area contributed by atoms with E-state index >= 15 is 0 Å². The smallest absolute Gasteiger partial charge is 0.230 e. The Morgan fingerprint density at radius 1 is 1.17 bits per heavy atom. The van der Waals surface area contributed by atoms with Crippen molar-refractivity contribution >= 4 is 23.5 Å². The largest absolute Gasteiger partial charge is 0.356 e. The molecule has 1 aliphatic rings. The van der Waals surface area contributed by atoms with Crippen LogP contribution < -0.4 is 10.2 Å². The van der Waals surface area contributed by atoms with Gasteiger partial charge in [0.15, 0.2) is 0 Å². The van der Waals surface area contributed by atoms with Crippen molar-refractivity contribution in [2.75, 3.05) is 23.7 Å². The van der Waals surface area contributed by atoms with Gasteiger partial charge in [-0.3, -0.25) is 4.79 Å². The third kappa shape index (κ3) is 4.69. The summed E-state index contributed by atoms with van der Waals surface area (Å²) in [6.45, 7) is 2.67. The Bertz CT molecular complexity index is 644. The number of thioether (sulfide) groups is 1. The molecule has 0 saturated carbocycles. The van der Waals surface area contributed by atoms with Gasteiger partial charge in [-0.1, -0.05) is 42.1 Å². The summed E-state index contributed by atoms with van der Waals surface area (Å²) in [6, 6.07) is 11.9. The molecule has 6 heteroatoms. The van der Waals surface area contributed by atoms with Crippen LogP contribution in [0.1, 0.15) is 18.4 Å². The van der Waals surface area contributed by atoms with Crippen molar-refractivity contribution in [1.29, 1.82) is 0 Å².